The lowest BCUT2D eigenvalue weighted by Gasteiger charge is -2.17. The molecule has 0 unspecified atom stereocenters. The summed E-state index contributed by atoms with van der Waals surface area (Å²) in [7, 11) is 1.66. The summed E-state index contributed by atoms with van der Waals surface area (Å²) in [5.41, 5.74) is 2.13. The Labute approximate surface area is 157 Å². The molecule has 130 valence electrons. The van der Waals surface area contributed by atoms with Crippen LogP contribution in [-0.4, -0.2) is 13.7 Å². The van der Waals surface area contributed by atoms with Gasteiger partial charge in [-0.2, -0.15) is 0 Å². The van der Waals surface area contributed by atoms with Gasteiger partial charge in [0.1, 0.15) is 6.61 Å². The molecule has 5 heteroatoms. The van der Waals surface area contributed by atoms with E-state index in [-0.39, 0.29) is 0 Å². The molecule has 0 saturated heterocycles. The Balaban J connectivity index is 2.15. The third kappa shape index (κ3) is 5.40. The van der Waals surface area contributed by atoms with E-state index in [9.17, 15) is 0 Å². The van der Waals surface area contributed by atoms with Gasteiger partial charge in [-0.05, 0) is 42.8 Å². The van der Waals surface area contributed by atoms with Gasteiger partial charge in [0.25, 0.3) is 0 Å². The number of methoxy groups -OCH3 is 1. The molecule has 0 radical (unpaired) electrons. The van der Waals surface area contributed by atoms with Crippen molar-refractivity contribution in [3.63, 3.8) is 0 Å². The zero-order valence-corrected chi connectivity index (χ0v) is 16.4. The van der Waals surface area contributed by atoms with E-state index in [1.807, 2.05) is 36.4 Å². The van der Waals surface area contributed by atoms with Crippen molar-refractivity contribution in [1.82, 2.24) is 5.32 Å². The van der Waals surface area contributed by atoms with E-state index in [2.05, 4.69) is 28.2 Å². The maximum Gasteiger partial charge on any atom is 0.167 e. The first-order valence-electron chi connectivity index (χ1n) is 8.09. The number of hydrogen-bond donors (Lipinski definition) is 1. The fraction of sp³-hybridized carbons (Fsp3) is 0.368. The molecule has 0 aliphatic heterocycles. The maximum atomic E-state index is 6.08. The summed E-state index contributed by atoms with van der Waals surface area (Å²) in [4.78, 5) is 0. The predicted molar refractivity (Wildman–Crippen MR) is 103 cm³/mol. The molecule has 0 amide bonds. The van der Waals surface area contributed by atoms with Crippen LogP contribution in [0.15, 0.2) is 40.9 Å². The molecule has 0 spiro atoms. The van der Waals surface area contributed by atoms with Gasteiger partial charge >= 0.3 is 0 Å². The van der Waals surface area contributed by atoms with E-state index < -0.39 is 0 Å². The maximum absolute atomic E-state index is 6.08. The average molecular weight is 413 g/mol. The molecule has 24 heavy (non-hydrogen) atoms. The summed E-state index contributed by atoms with van der Waals surface area (Å²) in [5, 5.41) is 4.18. The second-order valence-corrected chi connectivity index (χ2v) is 6.79. The molecule has 1 N–H and O–H groups in total. The highest BCUT2D eigenvalue weighted by Crippen LogP contribution is 2.36. The van der Waals surface area contributed by atoms with Crippen LogP contribution in [-0.2, 0) is 13.2 Å². The quantitative estimate of drug-likeness (QED) is 0.545. The van der Waals surface area contributed by atoms with Gasteiger partial charge in [0, 0.05) is 21.6 Å². The topological polar surface area (TPSA) is 30.5 Å². The van der Waals surface area contributed by atoms with E-state index in [0.717, 1.165) is 51.6 Å². The van der Waals surface area contributed by atoms with Crippen molar-refractivity contribution in [2.75, 3.05) is 13.7 Å². The molecule has 0 fully saturated rings. The first-order chi connectivity index (χ1) is 11.7. The van der Waals surface area contributed by atoms with Crippen LogP contribution in [0.2, 0.25) is 5.02 Å². The van der Waals surface area contributed by atoms with E-state index in [0.29, 0.717) is 6.61 Å². The Morgan fingerprint density at radius 2 is 1.88 bits per heavy atom. The van der Waals surface area contributed by atoms with Gasteiger partial charge < -0.3 is 14.8 Å². The summed E-state index contributed by atoms with van der Waals surface area (Å²) >= 11 is 9.55. The minimum atomic E-state index is 0.464. The van der Waals surface area contributed by atoms with Crippen LogP contribution in [0, 0.1) is 0 Å². The van der Waals surface area contributed by atoms with Crippen molar-refractivity contribution in [2.24, 2.45) is 0 Å². The highest BCUT2D eigenvalue weighted by Gasteiger charge is 2.14. The van der Waals surface area contributed by atoms with Gasteiger partial charge in [-0.3, -0.25) is 0 Å². The number of unbranched alkanes of at least 4 members (excludes halogenated alkanes) is 1. The Hall–Kier alpha value is -1.23. The largest absolute Gasteiger partial charge is 0.493 e. The monoisotopic (exact) mass is 411 g/mol. The van der Waals surface area contributed by atoms with Crippen molar-refractivity contribution in [3.8, 4) is 11.5 Å². The van der Waals surface area contributed by atoms with Gasteiger partial charge in [0.15, 0.2) is 11.5 Å². The zero-order valence-electron chi connectivity index (χ0n) is 14.1. The second kappa shape index (κ2) is 9.92. The molecule has 3 nitrogen and oxygen atoms in total. The van der Waals surface area contributed by atoms with Gasteiger partial charge in [0.05, 0.1) is 7.11 Å². The first kappa shape index (κ1) is 19.1. The first-order valence-corrected chi connectivity index (χ1v) is 9.26. The number of rotatable bonds is 9. The van der Waals surface area contributed by atoms with Crippen molar-refractivity contribution in [2.45, 2.75) is 32.9 Å². The van der Waals surface area contributed by atoms with E-state index in [4.69, 9.17) is 21.1 Å². The number of hydrogen-bond acceptors (Lipinski definition) is 3. The molecule has 0 heterocycles. The molecular weight excluding hydrogens is 390 g/mol. The standard InChI is InChI=1S/C19H23BrClNO2/c1-3-4-11-22-12-16-17(20)9-10-18(23-2)19(16)24-13-14-5-7-15(21)8-6-14/h5-10,22H,3-4,11-13H2,1-2H3. The van der Waals surface area contributed by atoms with Gasteiger partial charge in [-0.25, -0.2) is 0 Å². The van der Waals surface area contributed by atoms with Crippen LogP contribution in [0.4, 0.5) is 0 Å². The Morgan fingerprint density at radius 1 is 1.12 bits per heavy atom. The molecule has 2 aromatic rings. The minimum Gasteiger partial charge on any atom is -0.493 e. The molecule has 2 aromatic carbocycles. The van der Waals surface area contributed by atoms with Crippen LogP contribution >= 0.6 is 27.5 Å². The fourth-order valence-corrected chi connectivity index (χ4v) is 2.90. The van der Waals surface area contributed by atoms with Crippen molar-refractivity contribution < 1.29 is 9.47 Å². The fourth-order valence-electron chi connectivity index (χ4n) is 2.32. The average Bonchev–Trinajstić information content (AvgIpc) is 2.59. The summed E-state index contributed by atoms with van der Waals surface area (Å²) in [6.07, 6.45) is 2.33. The number of nitrogens with one attached hydrogen (secondary N) is 1. The highest BCUT2D eigenvalue weighted by atomic mass is 79.9. The number of ether oxygens (including phenoxy) is 2. The normalized spacial score (nSPS) is 10.7. The predicted octanol–water partition coefficient (Wildman–Crippen LogP) is 5.58. The van der Waals surface area contributed by atoms with Crippen molar-refractivity contribution in [1.29, 1.82) is 0 Å². The van der Waals surface area contributed by atoms with E-state index >= 15 is 0 Å². The van der Waals surface area contributed by atoms with Crippen LogP contribution in [0.25, 0.3) is 0 Å². The zero-order chi connectivity index (χ0) is 17.4. The smallest absolute Gasteiger partial charge is 0.167 e. The summed E-state index contributed by atoms with van der Waals surface area (Å²) in [5.74, 6) is 1.50. The Kier molecular flexibility index (Phi) is 7.89. The van der Waals surface area contributed by atoms with Crippen LogP contribution < -0.4 is 14.8 Å². The van der Waals surface area contributed by atoms with Crippen molar-refractivity contribution >= 4 is 27.5 Å². The molecule has 0 saturated carbocycles. The van der Waals surface area contributed by atoms with Crippen LogP contribution in [0.3, 0.4) is 0 Å². The third-order valence-electron chi connectivity index (χ3n) is 3.69. The molecule has 0 aromatic heterocycles. The summed E-state index contributed by atoms with van der Waals surface area (Å²) < 4.78 is 12.6. The molecule has 0 aliphatic rings. The van der Waals surface area contributed by atoms with Gasteiger partial charge in [-0.1, -0.05) is 53.0 Å². The van der Waals surface area contributed by atoms with Crippen LogP contribution in [0.5, 0.6) is 11.5 Å². The lowest BCUT2D eigenvalue weighted by Crippen LogP contribution is -2.16. The molecule has 0 bridgehead atoms. The lowest BCUT2D eigenvalue weighted by atomic mass is 10.1. The number of benzene rings is 2. The second-order valence-electron chi connectivity index (χ2n) is 5.50. The van der Waals surface area contributed by atoms with E-state index in [1.165, 1.54) is 6.42 Å². The molecule has 0 atom stereocenters. The Bertz CT molecular complexity index is 647. The summed E-state index contributed by atoms with van der Waals surface area (Å²) in [6.45, 7) is 4.36. The van der Waals surface area contributed by atoms with Crippen LogP contribution in [0.1, 0.15) is 30.9 Å². The van der Waals surface area contributed by atoms with Gasteiger partial charge in [-0.15, -0.1) is 0 Å². The molecule has 0 aliphatic carbocycles. The third-order valence-corrected chi connectivity index (χ3v) is 4.69. The molecule has 2 rings (SSSR count). The lowest BCUT2D eigenvalue weighted by molar-refractivity contribution is 0.280. The van der Waals surface area contributed by atoms with Crippen molar-refractivity contribution in [3.05, 3.63) is 57.0 Å². The summed E-state index contributed by atoms with van der Waals surface area (Å²) in [6, 6.07) is 11.6. The molecular formula is C19H23BrClNO2. The number of halogens is 2. The Morgan fingerprint density at radius 3 is 2.54 bits per heavy atom. The minimum absolute atomic E-state index is 0.464. The van der Waals surface area contributed by atoms with E-state index in [1.54, 1.807) is 7.11 Å². The van der Waals surface area contributed by atoms with Gasteiger partial charge in [0.2, 0.25) is 0 Å². The highest BCUT2D eigenvalue weighted by molar-refractivity contribution is 9.10. The SMILES string of the molecule is CCCCNCc1c(Br)ccc(OC)c1OCc1ccc(Cl)cc1.